The van der Waals surface area contributed by atoms with Crippen molar-refractivity contribution in [2.45, 2.75) is 0 Å². The molecular formula is C16H12N2S. The van der Waals surface area contributed by atoms with E-state index in [-0.39, 0.29) is 0 Å². The molecule has 3 heteroatoms. The van der Waals surface area contributed by atoms with E-state index >= 15 is 0 Å². The Balaban J connectivity index is 2.45. The lowest BCUT2D eigenvalue weighted by atomic mass is 9.98. The Kier molecular flexibility index (Phi) is 2.09. The Hall–Kier alpha value is -2.13. The molecule has 1 heterocycles. The van der Waals surface area contributed by atoms with Crippen molar-refractivity contribution in [3.63, 3.8) is 0 Å². The lowest BCUT2D eigenvalue weighted by Crippen LogP contribution is -2.05. The molecule has 0 saturated carbocycles. The first-order valence-electron chi connectivity index (χ1n) is 6.20. The summed E-state index contributed by atoms with van der Waals surface area (Å²) in [5.74, 6) is 0. The maximum atomic E-state index is 4.65. The minimum atomic E-state index is 1.08. The van der Waals surface area contributed by atoms with Crippen molar-refractivity contribution in [3.8, 4) is 0 Å². The molecule has 1 N–H and O–H groups in total. The van der Waals surface area contributed by atoms with E-state index in [1.165, 1.54) is 26.2 Å². The zero-order valence-electron chi connectivity index (χ0n) is 10.5. The van der Waals surface area contributed by atoms with Gasteiger partial charge >= 0.3 is 0 Å². The van der Waals surface area contributed by atoms with Crippen LogP contribution in [0.3, 0.4) is 0 Å². The SMILES string of the molecule is C=c1c2cccc3snc(c4cccc(NC)c14)c32. The maximum absolute atomic E-state index is 4.65. The quantitative estimate of drug-likeness (QED) is 0.529. The van der Waals surface area contributed by atoms with Crippen molar-refractivity contribution in [2.75, 3.05) is 12.4 Å². The molecule has 0 atom stereocenters. The molecule has 0 unspecified atom stereocenters. The topological polar surface area (TPSA) is 24.9 Å². The number of nitrogens with one attached hydrogen (secondary N) is 1. The van der Waals surface area contributed by atoms with Crippen molar-refractivity contribution in [2.24, 2.45) is 0 Å². The first-order valence-corrected chi connectivity index (χ1v) is 6.98. The van der Waals surface area contributed by atoms with Gasteiger partial charge in [0.25, 0.3) is 0 Å². The monoisotopic (exact) mass is 264 g/mol. The van der Waals surface area contributed by atoms with Crippen molar-refractivity contribution < 1.29 is 0 Å². The second-order valence-corrected chi connectivity index (χ2v) is 5.47. The van der Waals surface area contributed by atoms with Gasteiger partial charge in [0.2, 0.25) is 0 Å². The molecule has 4 rings (SSSR count). The van der Waals surface area contributed by atoms with Crippen LogP contribution in [0.5, 0.6) is 0 Å². The molecule has 0 aliphatic carbocycles. The van der Waals surface area contributed by atoms with Crippen LogP contribution in [0.4, 0.5) is 5.69 Å². The highest BCUT2D eigenvalue weighted by Crippen LogP contribution is 2.34. The number of rotatable bonds is 1. The van der Waals surface area contributed by atoms with Crippen LogP contribution in [0.1, 0.15) is 0 Å². The smallest absolute Gasteiger partial charge is 0.0932 e. The van der Waals surface area contributed by atoms with E-state index in [0.717, 1.165) is 16.4 Å². The van der Waals surface area contributed by atoms with Gasteiger partial charge in [0.15, 0.2) is 0 Å². The lowest BCUT2D eigenvalue weighted by molar-refractivity contribution is 1.54. The first-order chi connectivity index (χ1) is 9.31. The molecule has 0 radical (unpaired) electrons. The minimum Gasteiger partial charge on any atom is -0.388 e. The number of nitrogens with zero attached hydrogens (tertiary/aromatic N) is 1. The Bertz CT molecular complexity index is 969. The van der Waals surface area contributed by atoms with E-state index in [4.69, 9.17) is 0 Å². The van der Waals surface area contributed by atoms with E-state index in [1.807, 2.05) is 7.05 Å². The van der Waals surface area contributed by atoms with Gasteiger partial charge in [0, 0.05) is 28.9 Å². The second kappa shape index (κ2) is 3.68. The normalized spacial score (nSPS) is 11.6. The van der Waals surface area contributed by atoms with Crippen molar-refractivity contribution in [1.29, 1.82) is 0 Å². The third-order valence-corrected chi connectivity index (χ3v) is 4.52. The van der Waals surface area contributed by atoms with Crippen LogP contribution in [0.25, 0.3) is 38.3 Å². The molecule has 19 heavy (non-hydrogen) atoms. The van der Waals surface area contributed by atoms with Gasteiger partial charge in [-0.15, -0.1) is 0 Å². The fourth-order valence-electron chi connectivity index (χ4n) is 2.85. The minimum absolute atomic E-state index is 1.08. The van der Waals surface area contributed by atoms with Crippen LogP contribution in [-0.4, -0.2) is 11.4 Å². The van der Waals surface area contributed by atoms with Gasteiger partial charge in [-0.25, -0.2) is 0 Å². The molecule has 0 aliphatic heterocycles. The molecule has 0 fully saturated rings. The third-order valence-electron chi connectivity index (χ3n) is 3.71. The van der Waals surface area contributed by atoms with E-state index in [1.54, 1.807) is 11.5 Å². The van der Waals surface area contributed by atoms with Gasteiger partial charge in [0.05, 0.1) is 10.2 Å². The molecule has 1 aromatic heterocycles. The van der Waals surface area contributed by atoms with Gasteiger partial charge < -0.3 is 5.32 Å². The molecule has 92 valence electrons. The molecule has 0 bridgehead atoms. The predicted molar refractivity (Wildman–Crippen MR) is 84.9 cm³/mol. The van der Waals surface area contributed by atoms with Gasteiger partial charge in [-0.3, -0.25) is 0 Å². The maximum Gasteiger partial charge on any atom is 0.0932 e. The average Bonchev–Trinajstić information content (AvgIpc) is 2.89. The average molecular weight is 264 g/mol. The van der Waals surface area contributed by atoms with Crippen LogP contribution in [0.15, 0.2) is 36.4 Å². The summed E-state index contributed by atoms with van der Waals surface area (Å²) in [6.45, 7) is 4.30. The van der Waals surface area contributed by atoms with Gasteiger partial charge in [-0.2, -0.15) is 4.37 Å². The summed E-state index contributed by atoms with van der Waals surface area (Å²) >= 11 is 1.56. The summed E-state index contributed by atoms with van der Waals surface area (Å²) in [6.07, 6.45) is 0. The fourth-order valence-corrected chi connectivity index (χ4v) is 3.66. The predicted octanol–water partition coefficient (Wildman–Crippen LogP) is 3.77. The number of benzene rings is 3. The number of fused-ring (bicyclic) bond motifs is 2. The van der Waals surface area contributed by atoms with Gasteiger partial charge in [-0.05, 0) is 34.3 Å². The molecule has 3 aromatic carbocycles. The zero-order chi connectivity index (χ0) is 13.0. The Morgan fingerprint density at radius 1 is 1.05 bits per heavy atom. The highest BCUT2D eigenvalue weighted by Gasteiger charge is 2.13. The Morgan fingerprint density at radius 2 is 1.84 bits per heavy atom. The summed E-state index contributed by atoms with van der Waals surface area (Å²) in [5, 5.41) is 9.15. The number of aromatic nitrogens is 1. The van der Waals surface area contributed by atoms with Crippen LogP contribution in [-0.2, 0) is 0 Å². The summed E-state index contributed by atoms with van der Waals surface area (Å²) < 4.78 is 5.88. The van der Waals surface area contributed by atoms with E-state index < -0.39 is 0 Å². The zero-order valence-corrected chi connectivity index (χ0v) is 11.3. The van der Waals surface area contributed by atoms with Crippen LogP contribution in [0, 0.1) is 0 Å². The highest BCUT2D eigenvalue weighted by atomic mass is 32.1. The van der Waals surface area contributed by atoms with E-state index in [2.05, 4.69) is 52.7 Å². The Labute approximate surface area is 114 Å². The van der Waals surface area contributed by atoms with Crippen molar-refractivity contribution >= 4 is 55.6 Å². The third kappa shape index (κ3) is 1.28. The first kappa shape index (κ1) is 10.8. The summed E-state index contributed by atoms with van der Waals surface area (Å²) in [6, 6.07) is 12.6. The summed E-state index contributed by atoms with van der Waals surface area (Å²) in [4.78, 5) is 0. The van der Waals surface area contributed by atoms with Crippen LogP contribution >= 0.6 is 11.5 Å². The van der Waals surface area contributed by atoms with Crippen molar-refractivity contribution in [3.05, 3.63) is 41.6 Å². The molecule has 0 spiro atoms. The van der Waals surface area contributed by atoms with Crippen LogP contribution in [0.2, 0.25) is 0 Å². The summed E-state index contributed by atoms with van der Waals surface area (Å²) in [5.41, 5.74) is 2.20. The second-order valence-electron chi connectivity index (χ2n) is 4.67. The van der Waals surface area contributed by atoms with Crippen molar-refractivity contribution in [1.82, 2.24) is 4.37 Å². The lowest BCUT2D eigenvalue weighted by Gasteiger charge is -2.09. The number of anilines is 1. The Morgan fingerprint density at radius 3 is 2.68 bits per heavy atom. The largest absolute Gasteiger partial charge is 0.388 e. The number of hydrogen-bond donors (Lipinski definition) is 1. The van der Waals surface area contributed by atoms with Gasteiger partial charge in [-0.1, -0.05) is 30.8 Å². The van der Waals surface area contributed by atoms with E-state index in [0.29, 0.717) is 0 Å². The fraction of sp³-hybridized carbons (Fsp3) is 0.0625. The molecular weight excluding hydrogens is 252 g/mol. The van der Waals surface area contributed by atoms with Gasteiger partial charge in [0.1, 0.15) is 0 Å². The molecule has 0 aliphatic rings. The molecule has 4 aromatic rings. The highest BCUT2D eigenvalue weighted by molar-refractivity contribution is 7.14. The van der Waals surface area contributed by atoms with Crippen LogP contribution < -0.4 is 10.5 Å². The summed E-state index contributed by atoms with van der Waals surface area (Å²) in [7, 11) is 1.94. The standard InChI is InChI=1S/C16H12N2S/c1-9-10-5-4-8-13-15(10)16(18-19-13)11-6-3-7-12(17-2)14(9)11/h3-8,17H,1H2,2H3. The molecule has 0 amide bonds. The van der Waals surface area contributed by atoms with E-state index in [9.17, 15) is 0 Å². The number of hydrogen-bond acceptors (Lipinski definition) is 3. The molecule has 0 saturated heterocycles. The molecule has 2 nitrogen and oxygen atoms in total.